The lowest BCUT2D eigenvalue weighted by atomic mass is 9.92. The Labute approximate surface area is 165 Å². The predicted molar refractivity (Wildman–Crippen MR) is 117 cm³/mol. The highest BCUT2D eigenvalue weighted by molar-refractivity contribution is 8.19. The average molecular weight is 386 g/mol. The summed E-state index contributed by atoms with van der Waals surface area (Å²) in [5.41, 5.74) is 5.39. The van der Waals surface area contributed by atoms with Crippen LogP contribution in [0.25, 0.3) is 0 Å². The highest BCUT2D eigenvalue weighted by Gasteiger charge is 2.20. The molecule has 2 aromatic carbocycles. The number of carbonyl (C=O) groups is 1. The minimum absolute atomic E-state index is 0.0294. The number of rotatable bonds is 5. The molecule has 1 aliphatic heterocycles. The number of anilines is 1. The molecule has 1 fully saturated rings. The van der Waals surface area contributed by atoms with Crippen molar-refractivity contribution < 1.29 is 4.79 Å². The fourth-order valence-electron chi connectivity index (χ4n) is 3.22. The van der Waals surface area contributed by atoms with Gasteiger partial charge in [0.1, 0.15) is 0 Å². The van der Waals surface area contributed by atoms with Gasteiger partial charge in [-0.2, -0.15) is 0 Å². The average Bonchev–Trinajstić information content (AvgIpc) is 3.16. The van der Waals surface area contributed by atoms with Gasteiger partial charge in [-0.1, -0.05) is 58.0 Å². The summed E-state index contributed by atoms with van der Waals surface area (Å²) in [7, 11) is 0. The molecule has 0 unspecified atom stereocenters. The fourth-order valence-corrected chi connectivity index (χ4v) is 6.08. The quantitative estimate of drug-likeness (QED) is 0.623. The number of amides is 1. The SMILES string of the molecule is CC(C)c1cccc(C(C)C)c1NC(=O)c1ccc(C2SCCS2)cc1. The summed E-state index contributed by atoms with van der Waals surface area (Å²) in [5, 5.41) is 3.20. The number of para-hydroxylation sites is 1. The summed E-state index contributed by atoms with van der Waals surface area (Å²) in [6.07, 6.45) is 0. The van der Waals surface area contributed by atoms with Crippen molar-refractivity contribution in [2.24, 2.45) is 0 Å². The zero-order chi connectivity index (χ0) is 18.7. The Hall–Kier alpha value is -1.39. The largest absolute Gasteiger partial charge is 0.321 e. The molecule has 0 atom stereocenters. The molecule has 4 heteroatoms. The molecule has 0 radical (unpaired) electrons. The van der Waals surface area contributed by atoms with Crippen LogP contribution in [-0.4, -0.2) is 17.4 Å². The molecule has 1 aliphatic rings. The van der Waals surface area contributed by atoms with E-state index in [-0.39, 0.29) is 5.91 Å². The third-order valence-corrected chi connectivity index (χ3v) is 7.78. The van der Waals surface area contributed by atoms with Crippen LogP contribution >= 0.6 is 23.5 Å². The second kappa shape index (κ2) is 8.53. The van der Waals surface area contributed by atoms with Crippen LogP contribution in [-0.2, 0) is 0 Å². The lowest BCUT2D eigenvalue weighted by molar-refractivity contribution is 0.102. The summed E-state index contributed by atoms with van der Waals surface area (Å²) in [6.45, 7) is 8.67. The summed E-state index contributed by atoms with van der Waals surface area (Å²) in [5.74, 6) is 3.12. The second-order valence-electron chi connectivity index (χ2n) is 7.27. The zero-order valence-corrected chi connectivity index (χ0v) is 17.5. The normalized spacial score (nSPS) is 15.0. The van der Waals surface area contributed by atoms with Crippen LogP contribution in [0.15, 0.2) is 42.5 Å². The van der Waals surface area contributed by atoms with Crippen LogP contribution < -0.4 is 5.32 Å². The minimum atomic E-state index is -0.0294. The van der Waals surface area contributed by atoms with Crippen LogP contribution in [0.2, 0.25) is 0 Å². The van der Waals surface area contributed by atoms with Crippen molar-refractivity contribution in [1.82, 2.24) is 0 Å². The maximum absolute atomic E-state index is 12.9. The topological polar surface area (TPSA) is 29.1 Å². The Balaban J connectivity index is 1.83. The molecule has 1 amide bonds. The molecule has 138 valence electrons. The van der Waals surface area contributed by atoms with Crippen LogP contribution in [0.1, 0.15) is 71.2 Å². The minimum Gasteiger partial charge on any atom is -0.321 e. The van der Waals surface area contributed by atoms with Crippen molar-refractivity contribution >= 4 is 35.1 Å². The van der Waals surface area contributed by atoms with Gasteiger partial charge in [-0.05, 0) is 40.7 Å². The molecule has 0 aliphatic carbocycles. The van der Waals surface area contributed by atoms with Crippen molar-refractivity contribution in [3.63, 3.8) is 0 Å². The summed E-state index contributed by atoms with van der Waals surface area (Å²) < 4.78 is 0.515. The van der Waals surface area contributed by atoms with Crippen molar-refractivity contribution in [3.05, 3.63) is 64.7 Å². The van der Waals surface area contributed by atoms with E-state index in [9.17, 15) is 4.79 Å². The Bertz CT molecular complexity index is 736. The second-order valence-corrected chi connectivity index (χ2v) is 9.99. The standard InChI is InChI=1S/C22H27NOS2/c1-14(2)18-6-5-7-19(15(3)4)20(18)23-21(24)16-8-10-17(11-9-16)22-25-12-13-26-22/h5-11,14-15,22H,12-13H2,1-4H3,(H,23,24). The van der Waals surface area contributed by atoms with E-state index >= 15 is 0 Å². The molecule has 0 saturated carbocycles. The number of hydrogen-bond donors (Lipinski definition) is 1. The van der Waals surface area contributed by atoms with Gasteiger partial charge in [0.05, 0.1) is 4.58 Å². The molecule has 1 heterocycles. The number of hydrogen-bond acceptors (Lipinski definition) is 3. The first-order valence-corrected chi connectivity index (χ1v) is 11.3. The van der Waals surface area contributed by atoms with E-state index < -0.39 is 0 Å². The molecule has 26 heavy (non-hydrogen) atoms. The summed E-state index contributed by atoms with van der Waals surface area (Å²) in [6, 6.07) is 14.4. The summed E-state index contributed by atoms with van der Waals surface area (Å²) in [4.78, 5) is 12.9. The lowest BCUT2D eigenvalue weighted by Gasteiger charge is -2.20. The Morgan fingerprint density at radius 2 is 1.46 bits per heavy atom. The summed E-state index contributed by atoms with van der Waals surface area (Å²) >= 11 is 3.97. The number of thioether (sulfide) groups is 2. The van der Waals surface area contributed by atoms with E-state index in [1.807, 2.05) is 35.7 Å². The van der Waals surface area contributed by atoms with Crippen LogP contribution in [0.5, 0.6) is 0 Å². The molecule has 0 bridgehead atoms. The first-order chi connectivity index (χ1) is 12.5. The molecule has 0 spiro atoms. The van der Waals surface area contributed by atoms with Crippen molar-refractivity contribution in [1.29, 1.82) is 0 Å². The van der Waals surface area contributed by atoms with E-state index in [1.165, 1.54) is 28.2 Å². The van der Waals surface area contributed by atoms with Crippen molar-refractivity contribution in [2.45, 2.75) is 44.1 Å². The Kier molecular flexibility index (Phi) is 6.36. The van der Waals surface area contributed by atoms with E-state index in [1.54, 1.807) is 0 Å². The van der Waals surface area contributed by atoms with Gasteiger partial charge < -0.3 is 5.32 Å². The molecule has 1 N–H and O–H groups in total. The van der Waals surface area contributed by atoms with Crippen LogP contribution in [0.3, 0.4) is 0 Å². The van der Waals surface area contributed by atoms with Gasteiger partial charge >= 0.3 is 0 Å². The van der Waals surface area contributed by atoms with Crippen molar-refractivity contribution in [2.75, 3.05) is 16.8 Å². The molecule has 2 aromatic rings. The van der Waals surface area contributed by atoms with Gasteiger partial charge in [0, 0.05) is 22.8 Å². The molecule has 3 rings (SSSR count). The van der Waals surface area contributed by atoms with Gasteiger partial charge in [0.15, 0.2) is 0 Å². The number of nitrogens with one attached hydrogen (secondary N) is 1. The zero-order valence-electron chi connectivity index (χ0n) is 15.9. The van der Waals surface area contributed by atoms with Gasteiger partial charge in [-0.15, -0.1) is 23.5 Å². The van der Waals surface area contributed by atoms with E-state index in [2.05, 4.69) is 63.3 Å². The molecule has 2 nitrogen and oxygen atoms in total. The first-order valence-electron chi connectivity index (χ1n) is 9.24. The van der Waals surface area contributed by atoms with E-state index in [0.717, 1.165) is 11.3 Å². The lowest BCUT2D eigenvalue weighted by Crippen LogP contribution is -2.16. The number of carbonyl (C=O) groups excluding carboxylic acids is 1. The maximum atomic E-state index is 12.9. The maximum Gasteiger partial charge on any atom is 0.255 e. The van der Waals surface area contributed by atoms with E-state index in [4.69, 9.17) is 0 Å². The fraction of sp³-hybridized carbons (Fsp3) is 0.409. The third-order valence-electron chi connectivity index (χ3n) is 4.68. The molecule has 0 aromatic heterocycles. The van der Waals surface area contributed by atoms with Gasteiger partial charge in [-0.3, -0.25) is 4.79 Å². The predicted octanol–water partition coefficient (Wildman–Crippen LogP) is 6.66. The number of benzene rings is 2. The highest BCUT2D eigenvalue weighted by atomic mass is 32.2. The molecular formula is C22H27NOS2. The Morgan fingerprint density at radius 1 is 0.923 bits per heavy atom. The monoisotopic (exact) mass is 385 g/mol. The van der Waals surface area contributed by atoms with Crippen LogP contribution in [0.4, 0.5) is 5.69 Å². The van der Waals surface area contributed by atoms with Gasteiger partial charge in [0.25, 0.3) is 5.91 Å². The first kappa shape index (κ1) is 19.4. The van der Waals surface area contributed by atoms with Gasteiger partial charge in [0.2, 0.25) is 0 Å². The van der Waals surface area contributed by atoms with Crippen molar-refractivity contribution in [3.8, 4) is 0 Å². The third kappa shape index (κ3) is 4.29. The highest BCUT2D eigenvalue weighted by Crippen LogP contribution is 2.45. The molecule has 1 saturated heterocycles. The van der Waals surface area contributed by atoms with E-state index in [0.29, 0.717) is 16.4 Å². The van der Waals surface area contributed by atoms with Crippen LogP contribution in [0, 0.1) is 0 Å². The van der Waals surface area contributed by atoms with Gasteiger partial charge in [-0.25, -0.2) is 0 Å². The smallest absolute Gasteiger partial charge is 0.255 e. The Morgan fingerprint density at radius 3 is 1.96 bits per heavy atom. The molecular weight excluding hydrogens is 358 g/mol.